The molecule has 0 saturated carbocycles. The zero-order chi connectivity index (χ0) is 22.0. The van der Waals surface area contributed by atoms with Gasteiger partial charge in [0.05, 0.1) is 40.2 Å². The number of fused-ring (bicyclic) bond motifs is 1. The van der Waals surface area contributed by atoms with Gasteiger partial charge in [-0.15, -0.1) is 0 Å². The Labute approximate surface area is 179 Å². The first kappa shape index (κ1) is 20.9. The number of morpholine rings is 1. The summed E-state index contributed by atoms with van der Waals surface area (Å²) in [7, 11) is 4.52. The van der Waals surface area contributed by atoms with Gasteiger partial charge in [0, 0.05) is 23.7 Å². The molecule has 8 heteroatoms. The fourth-order valence-electron chi connectivity index (χ4n) is 3.70. The lowest BCUT2D eigenvalue weighted by Crippen LogP contribution is -2.42. The number of rotatable bonds is 5. The topological polar surface area (TPSA) is 70.1 Å². The lowest BCUT2D eigenvalue weighted by Gasteiger charge is -2.33. The summed E-state index contributed by atoms with van der Waals surface area (Å²) in [5, 5.41) is 1.58. The number of pyridine rings is 1. The highest BCUT2D eigenvalue weighted by molar-refractivity contribution is 5.95. The van der Waals surface area contributed by atoms with E-state index in [9.17, 15) is 9.18 Å². The molecule has 1 saturated heterocycles. The van der Waals surface area contributed by atoms with E-state index in [1.54, 1.807) is 35.4 Å². The SMILES string of the molecule is COc1cc(C(=O)N2CCO[C@H](c3cc4cc(F)ccc4cn3)C2)cc(OC)c1OC. The largest absolute Gasteiger partial charge is 0.493 e. The van der Waals surface area contributed by atoms with Crippen LogP contribution in [-0.4, -0.2) is 56.8 Å². The van der Waals surface area contributed by atoms with Crippen molar-refractivity contribution in [2.45, 2.75) is 6.10 Å². The molecule has 0 spiro atoms. The van der Waals surface area contributed by atoms with Crippen LogP contribution in [0.2, 0.25) is 0 Å². The number of benzene rings is 2. The summed E-state index contributed by atoms with van der Waals surface area (Å²) in [4.78, 5) is 19.4. The van der Waals surface area contributed by atoms with Crippen LogP contribution in [0.25, 0.3) is 10.8 Å². The maximum Gasteiger partial charge on any atom is 0.254 e. The maximum absolute atomic E-state index is 13.6. The fourth-order valence-corrected chi connectivity index (χ4v) is 3.70. The number of carbonyl (C=O) groups excluding carboxylic acids is 1. The van der Waals surface area contributed by atoms with Gasteiger partial charge in [0.25, 0.3) is 5.91 Å². The second-order valence-corrected chi connectivity index (χ2v) is 7.13. The Morgan fingerprint density at radius 1 is 1.06 bits per heavy atom. The van der Waals surface area contributed by atoms with Gasteiger partial charge in [-0.3, -0.25) is 9.78 Å². The summed E-state index contributed by atoms with van der Waals surface area (Å²) < 4.78 is 35.5. The molecule has 0 bridgehead atoms. The van der Waals surface area contributed by atoms with E-state index < -0.39 is 6.10 Å². The van der Waals surface area contributed by atoms with Crippen LogP contribution < -0.4 is 14.2 Å². The zero-order valence-electron chi connectivity index (χ0n) is 17.6. The van der Waals surface area contributed by atoms with Crippen molar-refractivity contribution in [2.75, 3.05) is 41.0 Å². The highest BCUT2D eigenvalue weighted by atomic mass is 19.1. The van der Waals surface area contributed by atoms with Gasteiger partial charge < -0.3 is 23.8 Å². The Hall–Kier alpha value is -3.39. The molecule has 1 aromatic heterocycles. The van der Waals surface area contributed by atoms with E-state index in [-0.39, 0.29) is 11.7 Å². The number of aromatic nitrogens is 1. The minimum Gasteiger partial charge on any atom is -0.493 e. The predicted molar refractivity (Wildman–Crippen MR) is 112 cm³/mol. The first-order valence-electron chi connectivity index (χ1n) is 9.80. The molecule has 1 fully saturated rings. The van der Waals surface area contributed by atoms with Gasteiger partial charge in [-0.2, -0.15) is 0 Å². The average molecular weight is 426 g/mol. The number of hydrogen-bond acceptors (Lipinski definition) is 6. The van der Waals surface area contributed by atoms with Crippen molar-refractivity contribution in [3.63, 3.8) is 0 Å². The zero-order valence-corrected chi connectivity index (χ0v) is 17.6. The van der Waals surface area contributed by atoms with Crippen LogP contribution in [0, 0.1) is 5.82 Å². The number of amides is 1. The van der Waals surface area contributed by atoms with E-state index in [0.717, 1.165) is 10.8 Å². The summed E-state index contributed by atoms with van der Waals surface area (Å²) in [6.45, 7) is 1.13. The van der Waals surface area contributed by atoms with Crippen molar-refractivity contribution >= 4 is 16.7 Å². The van der Waals surface area contributed by atoms with Crippen LogP contribution in [0.4, 0.5) is 4.39 Å². The highest BCUT2D eigenvalue weighted by Crippen LogP contribution is 2.38. The monoisotopic (exact) mass is 426 g/mol. The van der Waals surface area contributed by atoms with Crippen LogP contribution in [0.3, 0.4) is 0 Å². The minimum absolute atomic E-state index is 0.181. The van der Waals surface area contributed by atoms with Gasteiger partial charge in [-0.25, -0.2) is 4.39 Å². The Bertz CT molecular complexity index is 1100. The van der Waals surface area contributed by atoms with E-state index in [0.29, 0.717) is 48.2 Å². The van der Waals surface area contributed by atoms with E-state index in [1.165, 1.54) is 33.5 Å². The van der Waals surface area contributed by atoms with Crippen LogP contribution in [0.15, 0.2) is 42.6 Å². The first-order chi connectivity index (χ1) is 15.0. The summed E-state index contributed by atoms with van der Waals surface area (Å²) in [5.74, 6) is 0.753. The number of ether oxygens (including phenoxy) is 4. The van der Waals surface area contributed by atoms with Crippen LogP contribution >= 0.6 is 0 Å². The molecule has 0 aliphatic carbocycles. The molecule has 31 heavy (non-hydrogen) atoms. The van der Waals surface area contributed by atoms with Crippen LogP contribution in [0.1, 0.15) is 22.2 Å². The lowest BCUT2D eigenvalue weighted by molar-refractivity contribution is -0.0246. The molecule has 0 unspecified atom stereocenters. The van der Waals surface area contributed by atoms with Gasteiger partial charge in [0.2, 0.25) is 5.75 Å². The van der Waals surface area contributed by atoms with Crippen molar-refractivity contribution < 1.29 is 28.1 Å². The molecule has 1 amide bonds. The fraction of sp³-hybridized carbons (Fsp3) is 0.304. The number of nitrogens with zero attached hydrogens (tertiary/aromatic N) is 2. The first-order valence-corrected chi connectivity index (χ1v) is 9.80. The molecule has 2 aromatic carbocycles. The summed E-state index contributed by atoms with van der Waals surface area (Å²) in [6, 6.07) is 9.61. The Morgan fingerprint density at radius 3 is 2.48 bits per heavy atom. The smallest absolute Gasteiger partial charge is 0.254 e. The summed E-state index contributed by atoms with van der Waals surface area (Å²) in [5.41, 5.74) is 1.07. The van der Waals surface area contributed by atoms with E-state index in [4.69, 9.17) is 18.9 Å². The second-order valence-electron chi connectivity index (χ2n) is 7.13. The number of carbonyl (C=O) groups is 1. The third kappa shape index (κ3) is 4.11. The molecule has 1 aliphatic heterocycles. The molecule has 0 radical (unpaired) electrons. The van der Waals surface area contributed by atoms with Crippen molar-refractivity contribution in [3.05, 3.63) is 59.7 Å². The van der Waals surface area contributed by atoms with Gasteiger partial charge >= 0.3 is 0 Å². The second kappa shape index (κ2) is 8.77. The Kier molecular flexibility index (Phi) is 5.90. The Morgan fingerprint density at radius 2 is 1.81 bits per heavy atom. The molecule has 7 nitrogen and oxygen atoms in total. The predicted octanol–water partition coefficient (Wildman–Crippen LogP) is 3.61. The van der Waals surface area contributed by atoms with Crippen molar-refractivity contribution in [1.82, 2.24) is 9.88 Å². The van der Waals surface area contributed by atoms with Crippen molar-refractivity contribution in [3.8, 4) is 17.2 Å². The van der Waals surface area contributed by atoms with Crippen LogP contribution in [-0.2, 0) is 4.74 Å². The quantitative estimate of drug-likeness (QED) is 0.621. The molecule has 2 heterocycles. The third-order valence-electron chi connectivity index (χ3n) is 5.30. The van der Waals surface area contributed by atoms with E-state index >= 15 is 0 Å². The van der Waals surface area contributed by atoms with Gasteiger partial charge in [0.1, 0.15) is 11.9 Å². The average Bonchev–Trinajstić information content (AvgIpc) is 2.82. The van der Waals surface area contributed by atoms with Crippen molar-refractivity contribution in [2.24, 2.45) is 0 Å². The number of hydrogen-bond donors (Lipinski definition) is 0. The van der Waals surface area contributed by atoms with Gasteiger partial charge in [-0.05, 0) is 41.8 Å². The minimum atomic E-state index is -0.410. The van der Waals surface area contributed by atoms with Gasteiger partial charge in [-0.1, -0.05) is 0 Å². The van der Waals surface area contributed by atoms with E-state index in [1.807, 2.05) is 0 Å². The maximum atomic E-state index is 13.6. The molecule has 0 N–H and O–H groups in total. The molecular formula is C23H23FN2O5. The number of methoxy groups -OCH3 is 3. The molecule has 1 atom stereocenters. The normalized spacial score (nSPS) is 16.3. The summed E-state index contributed by atoms with van der Waals surface area (Å²) in [6.07, 6.45) is 1.28. The molecule has 3 aromatic rings. The Balaban J connectivity index is 1.59. The molecule has 1 aliphatic rings. The number of halogens is 1. The molecule has 162 valence electrons. The highest BCUT2D eigenvalue weighted by Gasteiger charge is 2.28. The molecule has 4 rings (SSSR count). The summed E-state index contributed by atoms with van der Waals surface area (Å²) >= 11 is 0. The standard InChI is InChI=1S/C23H23FN2O5/c1-28-19-10-16(11-20(29-2)22(19)30-3)23(27)26-6-7-31-21(13-26)18-9-15-8-17(24)5-4-14(15)12-25-18/h4-5,8-12,21H,6-7,13H2,1-3H3/t21-/m0/s1. The van der Waals surface area contributed by atoms with Crippen molar-refractivity contribution in [1.29, 1.82) is 0 Å². The van der Waals surface area contributed by atoms with E-state index in [2.05, 4.69) is 4.98 Å². The van der Waals surface area contributed by atoms with Crippen LogP contribution in [0.5, 0.6) is 17.2 Å². The van der Waals surface area contributed by atoms with Gasteiger partial charge in [0.15, 0.2) is 11.5 Å². The third-order valence-corrected chi connectivity index (χ3v) is 5.30. The lowest BCUT2D eigenvalue weighted by atomic mass is 10.1. The molecular weight excluding hydrogens is 403 g/mol.